The zero-order valence-corrected chi connectivity index (χ0v) is 14.5. The number of piperidine rings is 1. The number of carbonyl (C=O) groups is 3. The predicted octanol–water partition coefficient (Wildman–Crippen LogP) is 1.30. The van der Waals surface area contributed by atoms with Crippen LogP contribution >= 0.6 is 0 Å². The van der Waals surface area contributed by atoms with Crippen molar-refractivity contribution >= 4 is 17.7 Å². The Balaban J connectivity index is 1.62. The normalized spacial score (nSPS) is 27.4. The van der Waals surface area contributed by atoms with Gasteiger partial charge in [-0.25, -0.2) is 0 Å². The molecule has 0 aromatic rings. The van der Waals surface area contributed by atoms with Crippen molar-refractivity contribution < 1.29 is 14.4 Å². The quantitative estimate of drug-likeness (QED) is 0.773. The average Bonchev–Trinajstić information content (AvgIpc) is 2.97. The van der Waals surface area contributed by atoms with E-state index >= 15 is 0 Å². The van der Waals surface area contributed by atoms with Crippen molar-refractivity contribution in [2.24, 2.45) is 5.92 Å². The molecule has 2 saturated heterocycles. The molecule has 0 spiro atoms. The minimum Gasteiger partial charge on any atom is -0.354 e. The lowest BCUT2D eigenvalue weighted by Crippen LogP contribution is -2.51. The average molecular weight is 335 g/mol. The van der Waals surface area contributed by atoms with E-state index in [4.69, 9.17) is 0 Å². The zero-order chi connectivity index (χ0) is 16.9. The van der Waals surface area contributed by atoms with E-state index in [0.717, 1.165) is 12.8 Å². The maximum absolute atomic E-state index is 12.9. The van der Waals surface area contributed by atoms with Gasteiger partial charge in [-0.05, 0) is 19.3 Å². The van der Waals surface area contributed by atoms with Crippen LogP contribution in [0.2, 0.25) is 0 Å². The topological polar surface area (TPSA) is 69.7 Å². The molecule has 0 radical (unpaired) electrons. The Morgan fingerprint density at radius 2 is 1.71 bits per heavy atom. The molecule has 0 aromatic heterocycles. The van der Waals surface area contributed by atoms with Crippen LogP contribution in [-0.2, 0) is 14.4 Å². The fourth-order valence-corrected chi connectivity index (χ4v) is 4.24. The molecule has 1 aliphatic carbocycles. The molecule has 1 atom stereocenters. The zero-order valence-electron chi connectivity index (χ0n) is 14.5. The summed E-state index contributed by atoms with van der Waals surface area (Å²) in [5.41, 5.74) is 0. The van der Waals surface area contributed by atoms with Crippen molar-refractivity contribution in [3.05, 3.63) is 0 Å². The summed E-state index contributed by atoms with van der Waals surface area (Å²) >= 11 is 0. The van der Waals surface area contributed by atoms with E-state index in [9.17, 15) is 14.4 Å². The SMILES string of the molecule is O=C1CCN(C(=O)C2CCC(=O)N(C3CCCCCC3)C2)CCN1. The summed E-state index contributed by atoms with van der Waals surface area (Å²) in [5, 5.41) is 2.81. The van der Waals surface area contributed by atoms with E-state index in [0.29, 0.717) is 51.5 Å². The first kappa shape index (κ1) is 17.2. The van der Waals surface area contributed by atoms with E-state index in [-0.39, 0.29) is 23.6 Å². The largest absolute Gasteiger partial charge is 0.354 e. The number of hydrogen-bond donors (Lipinski definition) is 1. The molecule has 3 aliphatic rings. The van der Waals surface area contributed by atoms with Crippen molar-refractivity contribution in [3.63, 3.8) is 0 Å². The summed E-state index contributed by atoms with van der Waals surface area (Å²) in [7, 11) is 0. The number of nitrogens with zero attached hydrogens (tertiary/aromatic N) is 2. The molecule has 6 nitrogen and oxygen atoms in total. The first-order chi connectivity index (χ1) is 11.6. The number of nitrogens with one attached hydrogen (secondary N) is 1. The highest BCUT2D eigenvalue weighted by Gasteiger charge is 2.36. The second-order valence-electron chi connectivity index (χ2n) is 7.35. The van der Waals surface area contributed by atoms with Crippen LogP contribution in [0.25, 0.3) is 0 Å². The maximum atomic E-state index is 12.9. The van der Waals surface area contributed by atoms with Gasteiger partial charge >= 0.3 is 0 Å². The van der Waals surface area contributed by atoms with Crippen LogP contribution in [0.5, 0.6) is 0 Å². The van der Waals surface area contributed by atoms with Crippen LogP contribution in [0.4, 0.5) is 0 Å². The molecule has 1 N–H and O–H groups in total. The Morgan fingerprint density at radius 3 is 2.46 bits per heavy atom. The van der Waals surface area contributed by atoms with Crippen molar-refractivity contribution in [2.45, 2.75) is 63.8 Å². The van der Waals surface area contributed by atoms with E-state index < -0.39 is 0 Å². The van der Waals surface area contributed by atoms with Crippen molar-refractivity contribution in [1.82, 2.24) is 15.1 Å². The maximum Gasteiger partial charge on any atom is 0.227 e. The minimum absolute atomic E-state index is 0.0178. The smallest absolute Gasteiger partial charge is 0.227 e. The molecule has 1 saturated carbocycles. The monoisotopic (exact) mass is 335 g/mol. The Kier molecular flexibility index (Phi) is 5.74. The lowest BCUT2D eigenvalue weighted by atomic mass is 9.93. The Hall–Kier alpha value is -1.59. The van der Waals surface area contributed by atoms with Gasteiger partial charge in [0.25, 0.3) is 0 Å². The molecule has 0 aromatic carbocycles. The lowest BCUT2D eigenvalue weighted by molar-refractivity contribution is -0.145. The van der Waals surface area contributed by atoms with Crippen LogP contribution in [0, 0.1) is 5.92 Å². The van der Waals surface area contributed by atoms with Crippen molar-refractivity contribution in [1.29, 1.82) is 0 Å². The Labute approximate surface area is 143 Å². The summed E-state index contributed by atoms with van der Waals surface area (Å²) in [6, 6.07) is 0.322. The lowest BCUT2D eigenvalue weighted by Gasteiger charge is -2.39. The molecule has 1 unspecified atom stereocenters. The first-order valence-electron chi connectivity index (χ1n) is 9.50. The molecule has 6 heteroatoms. The van der Waals surface area contributed by atoms with Gasteiger partial charge in [0.1, 0.15) is 0 Å². The standard InChI is InChI=1S/C18H29N3O3/c22-16-9-11-20(12-10-19-16)18(24)14-7-8-17(23)21(13-14)15-5-3-1-2-4-6-15/h14-15H,1-13H2,(H,19,22). The number of amides is 3. The molecule has 3 fully saturated rings. The third-order valence-corrected chi connectivity index (χ3v) is 5.68. The fraction of sp³-hybridized carbons (Fsp3) is 0.833. The van der Waals surface area contributed by atoms with Gasteiger partial charge in [-0.3, -0.25) is 14.4 Å². The number of likely N-dealkylation sites (tertiary alicyclic amines) is 1. The van der Waals surface area contributed by atoms with E-state index in [1.54, 1.807) is 0 Å². The van der Waals surface area contributed by atoms with Gasteiger partial charge < -0.3 is 15.1 Å². The summed E-state index contributed by atoms with van der Waals surface area (Å²) in [6.45, 7) is 2.18. The fourth-order valence-electron chi connectivity index (χ4n) is 4.24. The molecular weight excluding hydrogens is 306 g/mol. The van der Waals surface area contributed by atoms with Crippen LogP contribution in [-0.4, -0.2) is 59.7 Å². The van der Waals surface area contributed by atoms with Crippen molar-refractivity contribution in [3.8, 4) is 0 Å². The Bertz CT molecular complexity index is 486. The molecule has 2 aliphatic heterocycles. The summed E-state index contributed by atoms with van der Waals surface area (Å²) in [4.78, 5) is 40.5. The number of hydrogen-bond acceptors (Lipinski definition) is 3. The van der Waals surface area contributed by atoms with E-state index in [2.05, 4.69) is 5.32 Å². The van der Waals surface area contributed by atoms with E-state index in [1.165, 1.54) is 25.7 Å². The Morgan fingerprint density at radius 1 is 0.958 bits per heavy atom. The van der Waals surface area contributed by atoms with Gasteiger partial charge in [0.15, 0.2) is 0 Å². The van der Waals surface area contributed by atoms with Crippen LogP contribution in [0.1, 0.15) is 57.8 Å². The molecule has 24 heavy (non-hydrogen) atoms. The summed E-state index contributed by atoms with van der Waals surface area (Å²) in [6.07, 6.45) is 8.56. The van der Waals surface area contributed by atoms with Gasteiger partial charge in [0, 0.05) is 45.1 Å². The number of carbonyl (C=O) groups excluding carboxylic acids is 3. The molecule has 3 amide bonds. The molecule has 3 rings (SSSR count). The second kappa shape index (κ2) is 7.99. The molecule has 2 heterocycles. The van der Waals surface area contributed by atoms with Crippen LogP contribution in [0.3, 0.4) is 0 Å². The summed E-state index contributed by atoms with van der Waals surface area (Å²) < 4.78 is 0. The third-order valence-electron chi connectivity index (χ3n) is 5.68. The molecule has 0 bridgehead atoms. The van der Waals surface area contributed by atoms with Gasteiger partial charge in [0.05, 0.1) is 5.92 Å². The van der Waals surface area contributed by atoms with Gasteiger partial charge in [0.2, 0.25) is 17.7 Å². The highest BCUT2D eigenvalue weighted by atomic mass is 16.2. The molecular formula is C18H29N3O3. The summed E-state index contributed by atoms with van der Waals surface area (Å²) in [5.74, 6) is 0.264. The van der Waals surface area contributed by atoms with E-state index in [1.807, 2.05) is 9.80 Å². The van der Waals surface area contributed by atoms with Crippen molar-refractivity contribution in [2.75, 3.05) is 26.2 Å². The van der Waals surface area contributed by atoms with Gasteiger partial charge in [-0.15, -0.1) is 0 Å². The minimum atomic E-state index is -0.0980. The molecule has 134 valence electrons. The predicted molar refractivity (Wildman–Crippen MR) is 90.1 cm³/mol. The number of rotatable bonds is 2. The van der Waals surface area contributed by atoms with Gasteiger partial charge in [-0.1, -0.05) is 25.7 Å². The first-order valence-corrected chi connectivity index (χ1v) is 9.50. The second-order valence-corrected chi connectivity index (χ2v) is 7.35. The highest BCUT2D eigenvalue weighted by molar-refractivity contribution is 5.85. The van der Waals surface area contributed by atoms with Crippen LogP contribution < -0.4 is 5.32 Å². The highest BCUT2D eigenvalue weighted by Crippen LogP contribution is 2.28. The van der Waals surface area contributed by atoms with Gasteiger partial charge in [-0.2, -0.15) is 0 Å². The third kappa shape index (κ3) is 4.08. The van der Waals surface area contributed by atoms with Crippen LogP contribution in [0.15, 0.2) is 0 Å².